The second-order valence-corrected chi connectivity index (χ2v) is 8.39. The van der Waals surface area contributed by atoms with Gasteiger partial charge in [0.15, 0.2) is 0 Å². The molecular formula is C21H33NO. The van der Waals surface area contributed by atoms with Gasteiger partial charge in [-0.3, -0.25) is 0 Å². The van der Waals surface area contributed by atoms with E-state index in [0.717, 1.165) is 23.8 Å². The van der Waals surface area contributed by atoms with Crippen LogP contribution < -0.4 is 10.5 Å². The SMILES string of the molecule is CCCCCc1cc(N)c2c(c1)OC(C)(C)[C@@H]1CC[C@@H](C)C[C@@H]21. The molecule has 3 atom stereocenters. The van der Waals surface area contributed by atoms with Crippen LogP contribution in [0.5, 0.6) is 5.75 Å². The lowest BCUT2D eigenvalue weighted by molar-refractivity contribution is -0.0133. The molecule has 2 N–H and O–H groups in total. The number of hydrogen-bond acceptors (Lipinski definition) is 2. The summed E-state index contributed by atoms with van der Waals surface area (Å²) in [6.45, 7) is 9.16. The summed E-state index contributed by atoms with van der Waals surface area (Å²) in [6, 6.07) is 4.49. The third-order valence-electron chi connectivity index (χ3n) is 6.05. The van der Waals surface area contributed by atoms with Crippen molar-refractivity contribution in [3.8, 4) is 5.75 Å². The Kier molecular flexibility index (Phi) is 4.62. The Morgan fingerprint density at radius 1 is 1.22 bits per heavy atom. The Hall–Kier alpha value is -1.18. The summed E-state index contributed by atoms with van der Waals surface area (Å²) in [6.07, 6.45) is 8.72. The van der Waals surface area contributed by atoms with Crippen molar-refractivity contribution >= 4 is 5.69 Å². The van der Waals surface area contributed by atoms with Crippen LogP contribution in [-0.2, 0) is 6.42 Å². The van der Waals surface area contributed by atoms with Gasteiger partial charge in [-0.05, 0) is 69.1 Å². The number of hydrogen-bond donors (Lipinski definition) is 1. The predicted octanol–water partition coefficient (Wildman–Crippen LogP) is 5.69. The molecule has 0 unspecified atom stereocenters. The molecule has 1 aromatic carbocycles. The first-order valence-corrected chi connectivity index (χ1v) is 9.53. The zero-order valence-electron chi connectivity index (χ0n) is 15.3. The van der Waals surface area contributed by atoms with Crippen molar-refractivity contribution in [1.82, 2.24) is 0 Å². The first-order chi connectivity index (χ1) is 10.9. The summed E-state index contributed by atoms with van der Waals surface area (Å²) >= 11 is 0. The van der Waals surface area contributed by atoms with E-state index in [0.29, 0.717) is 11.8 Å². The summed E-state index contributed by atoms with van der Waals surface area (Å²) in [5.74, 6) is 3.03. The molecule has 23 heavy (non-hydrogen) atoms. The molecule has 0 bridgehead atoms. The van der Waals surface area contributed by atoms with E-state index in [9.17, 15) is 0 Å². The van der Waals surface area contributed by atoms with Crippen molar-refractivity contribution < 1.29 is 4.74 Å². The fourth-order valence-corrected chi connectivity index (χ4v) is 4.80. The van der Waals surface area contributed by atoms with Crippen molar-refractivity contribution in [1.29, 1.82) is 0 Å². The van der Waals surface area contributed by atoms with Gasteiger partial charge in [0.25, 0.3) is 0 Å². The molecule has 1 fully saturated rings. The molecule has 2 heteroatoms. The van der Waals surface area contributed by atoms with Crippen LogP contribution in [0, 0.1) is 11.8 Å². The predicted molar refractivity (Wildman–Crippen MR) is 98.0 cm³/mol. The molecule has 0 radical (unpaired) electrons. The monoisotopic (exact) mass is 315 g/mol. The van der Waals surface area contributed by atoms with E-state index in [1.165, 1.54) is 49.7 Å². The average Bonchev–Trinajstić information content (AvgIpc) is 2.46. The zero-order valence-corrected chi connectivity index (χ0v) is 15.3. The number of aryl methyl sites for hydroxylation is 1. The number of ether oxygens (including phenoxy) is 1. The molecule has 1 aliphatic heterocycles. The maximum Gasteiger partial charge on any atom is 0.125 e. The van der Waals surface area contributed by atoms with Crippen LogP contribution in [-0.4, -0.2) is 5.60 Å². The highest BCUT2D eigenvalue weighted by Gasteiger charge is 2.46. The Morgan fingerprint density at radius 2 is 2.00 bits per heavy atom. The van der Waals surface area contributed by atoms with Crippen molar-refractivity contribution in [2.75, 3.05) is 5.73 Å². The van der Waals surface area contributed by atoms with Crippen LogP contribution in [0.1, 0.15) is 83.3 Å². The molecule has 1 aliphatic carbocycles. The lowest BCUT2D eigenvalue weighted by Gasteiger charge is -2.49. The summed E-state index contributed by atoms with van der Waals surface area (Å²) in [5.41, 5.74) is 10.0. The largest absolute Gasteiger partial charge is 0.487 e. The molecule has 0 saturated heterocycles. The van der Waals surface area contributed by atoms with Gasteiger partial charge in [-0.15, -0.1) is 0 Å². The maximum absolute atomic E-state index is 6.51. The number of anilines is 1. The molecule has 1 aromatic rings. The molecular weight excluding hydrogens is 282 g/mol. The Labute approximate surface area is 141 Å². The first-order valence-electron chi connectivity index (χ1n) is 9.53. The molecule has 0 amide bonds. The van der Waals surface area contributed by atoms with E-state index in [1.807, 2.05) is 0 Å². The molecule has 0 aromatic heterocycles. The topological polar surface area (TPSA) is 35.2 Å². The van der Waals surface area contributed by atoms with Crippen LogP contribution >= 0.6 is 0 Å². The second-order valence-electron chi connectivity index (χ2n) is 8.39. The zero-order chi connectivity index (χ0) is 16.6. The normalized spacial score (nSPS) is 28.6. The van der Waals surface area contributed by atoms with E-state index in [-0.39, 0.29) is 5.60 Å². The Balaban J connectivity index is 1.94. The number of nitrogens with two attached hydrogens (primary N) is 1. The van der Waals surface area contributed by atoms with Crippen molar-refractivity contribution in [2.24, 2.45) is 11.8 Å². The average molecular weight is 316 g/mol. The smallest absolute Gasteiger partial charge is 0.125 e. The summed E-state index contributed by atoms with van der Waals surface area (Å²) < 4.78 is 6.47. The van der Waals surface area contributed by atoms with Crippen molar-refractivity contribution in [3.05, 3.63) is 23.3 Å². The van der Waals surface area contributed by atoms with Gasteiger partial charge < -0.3 is 10.5 Å². The molecule has 1 heterocycles. The van der Waals surface area contributed by atoms with Gasteiger partial charge in [0, 0.05) is 17.2 Å². The minimum Gasteiger partial charge on any atom is -0.487 e. The van der Waals surface area contributed by atoms with E-state index < -0.39 is 0 Å². The number of unbranched alkanes of at least 4 members (excludes halogenated alkanes) is 2. The summed E-state index contributed by atoms with van der Waals surface area (Å²) in [7, 11) is 0. The summed E-state index contributed by atoms with van der Waals surface area (Å²) in [4.78, 5) is 0. The number of benzene rings is 1. The molecule has 0 spiro atoms. The fraction of sp³-hybridized carbons (Fsp3) is 0.714. The van der Waals surface area contributed by atoms with Gasteiger partial charge in [0.1, 0.15) is 11.4 Å². The van der Waals surface area contributed by atoms with E-state index in [2.05, 4.69) is 39.8 Å². The number of fused-ring (bicyclic) bond motifs is 3. The lowest BCUT2D eigenvalue weighted by Crippen LogP contribution is -2.46. The van der Waals surface area contributed by atoms with Gasteiger partial charge in [-0.25, -0.2) is 0 Å². The standard InChI is InChI=1S/C21H33NO/c1-5-6-7-8-15-12-18(22)20-16-11-14(2)9-10-17(16)21(3,4)23-19(20)13-15/h12-14,16-17H,5-11,22H2,1-4H3/t14-,16-,17-/m1/s1. The van der Waals surface area contributed by atoms with Crippen LogP contribution in [0.15, 0.2) is 12.1 Å². The number of nitrogen functional groups attached to an aromatic ring is 1. The van der Waals surface area contributed by atoms with Gasteiger partial charge in [0.05, 0.1) is 0 Å². The van der Waals surface area contributed by atoms with Gasteiger partial charge >= 0.3 is 0 Å². The fourth-order valence-electron chi connectivity index (χ4n) is 4.80. The molecule has 2 nitrogen and oxygen atoms in total. The minimum absolute atomic E-state index is 0.0771. The van der Waals surface area contributed by atoms with Crippen molar-refractivity contribution in [2.45, 2.75) is 84.2 Å². The van der Waals surface area contributed by atoms with Crippen LogP contribution in [0.2, 0.25) is 0 Å². The quantitative estimate of drug-likeness (QED) is 0.572. The van der Waals surface area contributed by atoms with Gasteiger partial charge in [-0.1, -0.05) is 33.1 Å². The van der Waals surface area contributed by atoms with E-state index >= 15 is 0 Å². The van der Waals surface area contributed by atoms with Gasteiger partial charge in [-0.2, -0.15) is 0 Å². The van der Waals surface area contributed by atoms with E-state index in [4.69, 9.17) is 10.5 Å². The number of rotatable bonds is 4. The Bertz CT molecular complexity index is 563. The van der Waals surface area contributed by atoms with Crippen LogP contribution in [0.3, 0.4) is 0 Å². The molecule has 1 saturated carbocycles. The maximum atomic E-state index is 6.51. The molecule has 2 aliphatic rings. The molecule has 128 valence electrons. The lowest BCUT2D eigenvalue weighted by atomic mass is 9.64. The minimum atomic E-state index is -0.0771. The van der Waals surface area contributed by atoms with Crippen molar-refractivity contribution in [3.63, 3.8) is 0 Å². The van der Waals surface area contributed by atoms with Crippen LogP contribution in [0.25, 0.3) is 0 Å². The second kappa shape index (κ2) is 6.37. The van der Waals surface area contributed by atoms with Gasteiger partial charge in [0.2, 0.25) is 0 Å². The first kappa shape index (κ1) is 16.7. The highest BCUT2D eigenvalue weighted by molar-refractivity contribution is 5.60. The third-order valence-corrected chi connectivity index (χ3v) is 6.05. The third kappa shape index (κ3) is 3.22. The van der Waals surface area contributed by atoms with E-state index in [1.54, 1.807) is 0 Å². The molecule has 3 rings (SSSR count). The van der Waals surface area contributed by atoms with Crippen LogP contribution in [0.4, 0.5) is 5.69 Å². The Morgan fingerprint density at radius 3 is 2.74 bits per heavy atom. The summed E-state index contributed by atoms with van der Waals surface area (Å²) in [5, 5.41) is 0. The highest BCUT2D eigenvalue weighted by Crippen LogP contribution is 2.54. The highest BCUT2D eigenvalue weighted by atomic mass is 16.5.